The van der Waals surface area contributed by atoms with Gasteiger partial charge in [-0.15, -0.1) is 0 Å². The number of aryl methyl sites for hydroxylation is 1. The normalized spacial score (nSPS) is 9.71. The van der Waals surface area contributed by atoms with Crippen LogP contribution in [0, 0.1) is 24.1 Å². The van der Waals surface area contributed by atoms with Crippen LogP contribution in [-0.4, -0.2) is 0 Å². The highest BCUT2D eigenvalue weighted by Crippen LogP contribution is 2.21. The third-order valence-electron chi connectivity index (χ3n) is 2.43. The van der Waals surface area contributed by atoms with E-state index in [1.165, 1.54) is 6.07 Å². The zero-order valence-electron chi connectivity index (χ0n) is 9.37. The first-order valence-electron chi connectivity index (χ1n) is 5.22. The van der Waals surface area contributed by atoms with E-state index in [9.17, 15) is 4.39 Å². The van der Waals surface area contributed by atoms with Gasteiger partial charge in [0.1, 0.15) is 5.82 Å². The molecule has 2 nitrogen and oxygen atoms in total. The van der Waals surface area contributed by atoms with Crippen LogP contribution < -0.4 is 5.32 Å². The maximum absolute atomic E-state index is 13.6. The largest absolute Gasteiger partial charge is 0.353 e. The van der Waals surface area contributed by atoms with Gasteiger partial charge in [0, 0.05) is 5.69 Å². The topological polar surface area (TPSA) is 35.8 Å². The summed E-state index contributed by atoms with van der Waals surface area (Å²) in [5, 5.41) is 11.6. The number of rotatable bonds is 2. The predicted molar refractivity (Wildman–Crippen MR) is 65.6 cm³/mol. The number of nitriles is 1. The predicted octanol–water partition coefficient (Wildman–Crippen LogP) is 3.75. The molecule has 2 rings (SSSR count). The molecule has 0 heterocycles. The van der Waals surface area contributed by atoms with Crippen molar-refractivity contribution in [1.29, 1.82) is 5.26 Å². The second-order valence-electron chi connectivity index (χ2n) is 3.80. The summed E-state index contributed by atoms with van der Waals surface area (Å²) in [6.45, 7) is 1.99. The molecule has 0 aliphatic carbocycles. The van der Waals surface area contributed by atoms with Gasteiger partial charge in [-0.2, -0.15) is 5.26 Å². The summed E-state index contributed by atoms with van der Waals surface area (Å²) in [6.07, 6.45) is 0. The van der Waals surface area contributed by atoms with E-state index < -0.39 is 5.82 Å². The van der Waals surface area contributed by atoms with E-state index in [1.54, 1.807) is 12.1 Å². The molecule has 0 amide bonds. The fourth-order valence-corrected chi connectivity index (χ4v) is 1.48. The molecule has 1 N–H and O–H groups in total. The van der Waals surface area contributed by atoms with Crippen LogP contribution in [0.4, 0.5) is 15.8 Å². The number of hydrogen-bond donors (Lipinski definition) is 1. The Morgan fingerprint density at radius 1 is 1.12 bits per heavy atom. The summed E-state index contributed by atoms with van der Waals surface area (Å²) >= 11 is 0. The van der Waals surface area contributed by atoms with Gasteiger partial charge in [-0.25, -0.2) is 4.39 Å². The lowest BCUT2D eigenvalue weighted by atomic mass is 10.2. The third-order valence-corrected chi connectivity index (χ3v) is 2.43. The molecule has 84 valence electrons. The molecular formula is C14H11FN2. The molecule has 0 radical (unpaired) electrons. The van der Waals surface area contributed by atoms with E-state index in [2.05, 4.69) is 5.32 Å². The molecule has 2 aromatic carbocycles. The van der Waals surface area contributed by atoms with Crippen LogP contribution >= 0.6 is 0 Å². The Morgan fingerprint density at radius 2 is 1.82 bits per heavy atom. The van der Waals surface area contributed by atoms with Crippen molar-refractivity contribution in [3.8, 4) is 6.07 Å². The summed E-state index contributed by atoms with van der Waals surface area (Å²) in [4.78, 5) is 0. The van der Waals surface area contributed by atoms with Gasteiger partial charge in [-0.1, -0.05) is 17.7 Å². The molecular weight excluding hydrogens is 215 g/mol. The smallest absolute Gasteiger partial charge is 0.147 e. The summed E-state index contributed by atoms with van der Waals surface area (Å²) in [6, 6.07) is 13.9. The van der Waals surface area contributed by atoms with Crippen molar-refractivity contribution in [3.63, 3.8) is 0 Å². The molecule has 0 aromatic heterocycles. The van der Waals surface area contributed by atoms with Crippen molar-refractivity contribution in [2.45, 2.75) is 6.92 Å². The minimum Gasteiger partial charge on any atom is -0.353 e. The monoisotopic (exact) mass is 226 g/mol. The summed E-state index contributed by atoms with van der Waals surface area (Å²) in [7, 11) is 0. The van der Waals surface area contributed by atoms with Crippen LogP contribution in [-0.2, 0) is 0 Å². The van der Waals surface area contributed by atoms with E-state index >= 15 is 0 Å². The minimum atomic E-state index is -0.426. The number of benzene rings is 2. The molecule has 2 aromatic rings. The van der Waals surface area contributed by atoms with Crippen LogP contribution in [0.1, 0.15) is 11.1 Å². The molecule has 0 atom stereocenters. The first kappa shape index (κ1) is 11.2. The Kier molecular flexibility index (Phi) is 3.06. The van der Waals surface area contributed by atoms with Gasteiger partial charge in [0.15, 0.2) is 0 Å². The average molecular weight is 226 g/mol. The average Bonchev–Trinajstić information content (AvgIpc) is 2.34. The van der Waals surface area contributed by atoms with Crippen molar-refractivity contribution in [2.24, 2.45) is 0 Å². The van der Waals surface area contributed by atoms with Crippen LogP contribution in [0.5, 0.6) is 0 Å². The van der Waals surface area contributed by atoms with Crippen molar-refractivity contribution in [2.75, 3.05) is 5.32 Å². The highest BCUT2D eigenvalue weighted by Gasteiger charge is 2.03. The molecule has 3 heteroatoms. The number of nitrogens with one attached hydrogen (secondary N) is 1. The SMILES string of the molecule is Cc1ccc(Nc2ccc(C#N)cc2F)cc1. The first-order chi connectivity index (χ1) is 8.19. The van der Waals surface area contributed by atoms with Gasteiger partial charge >= 0.3 is 0 Å². The van der Waals surface area contributed by atoms with Gasteiger partial charge < -0.3 is 5.32 Å². The lowest BCUT2D eigenvalue weighted by Crippen LogP contribution is -1.94. The van der Waals surface area contributed by atoms with Crippen molar-refractivity contribution in [1.82, 2.24) is 0 Å². The minimum absolute atomic E-state index is 0.317. The van der Waals surface area contributed by atoms with Gasteiger partial charge in [0.05, 0.1) is 17.3 Å². The number of anilines is 2. The zero-order valence-corrected chi connectivity index (χ0v) is 9.37. The Labute approximate surface area is 99.3 Å². The molecule has 0 bridgehead atoms. The lowest BCUT2D eigenvalue weighted by molar-refractivity contribution is 0.631. The Bertz CT molecular complexity index is 568. The molecule has 0 spiro atoms. The van der Waals surface area contributed by atoms with E-state index in [0.29, 0.717) is 11.3 Å². The van der Waals surface area contributed by atoms with Crippen LogP contribution in [0.3, 0.4) is 0 Å². The van der Waals surface area contributed by atoms with Crippen molar-refractivity contribution >= 4 is 11.4 Å². The molecule has 0 aliphatic heterocycles. The second-order valence-corrected chi connectivity index (χ2v) is 3.80. The quantitative estimate of drug-likeness (QED) is 0.846. The second kappa shape index (κ2) is 4.67. The molecule has 17 heavy (non-hydrogen) atoms. The Balaban J connectivity index is 2.25. The standard InChI is InChI=1S/C14H11FN2/c1-10-2-5-12(6-3-10)17-14-7-4-11(9-16)8-13(14)15/h2-8,17H,1H3. The van der Waals surface area contributed by atoms with Crippen LogP contribution in [0.2, 0.25) is 0 Å². The number of hydrogen-bond acceptors (Lipinski definition) is 2. The summed E-state index contributed by atoms with van der Waals surface area (Å²) in [5.74, 6) is -0.426. The molecule has 0 fully saturated rings. The Hall–Kier alpha value is -2.34. The van der Waals surface area contributed by atoms with Crippen LogP contribution in [0.25, 0.3) is 0 Å². The van der Waals surface area contributed by atoms with Crippen molar-refractivity contribution in [3.05, 3.63) is 59.4 Å². The van der Waals surface area contributed by atoms with Crippen molar-refractivity contribution < 1.29 is 4.39 Å². The van der Waals surface area contributed by atoms with Gasteiger partial charge in [-0.05, 0) is 37.3 Å². The van der Waals surface area contributed by atoms with E-state index in [0.717, 1.165) is 11.3 Å². The third kappa shape index (κ3) is 2.61. The highest BCUT2D eigenvalue weighted by molar-refractivity contribution is 5.61. The molecule has 0 saturated heterocycles. The fourth-order valence-electron chi connectivity index (χ4n) is 1.48. The highest BCUT2D eigenvalue weighted by atomic mass is 19.1. The molecule has 0 aliphatic rings. The van der Waals surface area contributed by atoms with E-state index in [1.807, 2.05) is 37.3 Å². The van der Waals surface area contributed by atoms with Gasteiger partial charge in [-0.3, -0.25) is 0 Å². The van der Waals surface area contributed by atoms with Crippen LogP contribution in [0.15, 0.2) is 42.5 Å². The lowest BCUT2D eigenvalue weighted by Gasteiger charge is -2.07. The molecule has 0 saturated carbocycles. The maximum Gasteiger partial charge on any atom is 0.147 e. The summed E-state index contributed by atoms with van der Waals surface area (Å²) in [5.41, 5.74) is 2.65. The Morgan fingerprint density at radius 3 is 2.41 bits per heavy atom. The molecule has 0 unspecified atom stereocenters. The first-order valence-corrected chi connectivity index (χ1v) is 5.22. The van der Waals surface area contributed by atoms with E-state index in [4.69, 9.17) is 5.26 Å². The summed E-state index contributed by atoms with van der Waals surface area (Å²) < 4.78 is 13.6. The maximum atomic E-state index is 13.6. The fraction of sp³-hybridized carbons (Fsp3) is 0.0714. The van der Waals surface area contributed by atoms with Gasteiger partial charge in [0.25, 0.3) is 0 Å². The number of halogens is 1. The zero-order chi connectivity index (χ0) is 12.3. The number of nitrogens with zero attached hydrogens (tertiary/aromatic N) is 1. The van der Waals surface area contributed by atoms with E-state index in [-0.39, 0.29) is 0 Å². The van der Waals surface area contributed by atoms with Gasteiger partial charge in [0.2, 0.25) is 0 Å².